The summed E-state index contributed by atoms with van der Waals surface area (Å²) in [5, 5.41) is 1.74. The first-order chi connectivity index (χ1) is 15.2. The van der Waals surface area contributed by atoms with Gasteiger partial charge in [0.25, 0.3) is 11.8 Å². The van der Waals surface area contributed by atoms with E-state index < -0.39 is 0 Å². The highest BCUT2D eigenvalue weighted by atomic mass is 16.2. The number of aromatic nitrogens is 1. The zero-order valence-corrected chi connectivity index (χ0v) is 17.5. The molecular weight excluding hydrogens is 388 g/mol. The second-order valence-electron chi connectivity index (χ2n) is 8.19. The Morgan fingerprint density at radius 3 is 2.06 bits per heavy atom. The van der Waals surface area contributed by atoms with Gasteiger partial charge in [-0.3, -0.25) is 19.4 Å². The van der Waals surface area contributed by atoms with Gasteiger partial charge in [-0.25, -0.2) is 4.98 Å². The molecule has 6 heteroatoms. The molecule has 31 heavy (non-hydrogen) atoms. The van der Waals surface area contributed by atoms with Crippen LogP contribution in [-0.2, 0) is 0 Å². The number of rotatable bonds is 6. The number of hydrogen-bond acceptors (Lipinski definition) is 5. The first kappa shape index (κ1) is 19.7. The summed E-state index contributed by atoms with van der Waals surface area (Å²) in [4.78, 5) is 36.6. The number of pyridine rings is 1. The van der Waals surface area contributed by atoms with Gasteiger partial charge in [0.05, 0.1) is 0 Å². The van der Waals surface area contributed by atoms with Crippen molar-refractivity contribution >= 4 is 28.4 Å². The molecule has 0 unspecified atom stereocenters. The maximum atomic E-state index is 13.0. The average Bonchev–Trinajstić information content (AvgIpc) is 2.83. The lowest BCUT2D eigenvalue weighted by Crippen LogP contribution is -2.47. The van der Waals surface area contributed by atoms with Gasteiger partial charge in [-0.05, 0) is 49.0 Å². The van der Waals surface area contributed by atoms with E-state index in [1.807, 2.05) is 54.7 Å². The molecule has 2 aromatic carbocycles. The number of amides is 2. The van der Waals surface area contributed by atoms with Crippen molar-refractivity contribution in [2.75, 3.05) is 44.2 Å². The van der Waals surface area contributed by atoms with Crippen LogP contribution in [0.4, 0.5) is 5.82 Å². The van der Waals surface area contributed by atoms with Gasteiger partial charge in [0, 0.05) is 55.4 Å². The summed E-state index contributed by atoms with van der Waals surface area (Å²) in [6, 6.07) is 17.4. The van der Waals surface area contributed by atoms with Crippen LogP contribution in [0.1, 0.15) is 33.6 Å². The van der Waals surface area contributed by atoms with Crippen LogP contribution in [0.2, 0.25) is 0 Å². The van der Waals surface area contributed by atoms with Crippen LogP contribution in [-0.4, -0.2) is 65.9 Å². The molecule has 0 aliphatic carbocycles. The summed E-state index contributed by atoms with van der Waals surface area (Å²) in [7, 11) is 0. The van der Waals surface area contributed by atoms with Gasteiger partial charge in [0.2, 0.25) is 0 Å². The Hall–Kier alpha value is -3.25. The van der Waals surface area contributed by atoms with Gasteiger partial charge in [-0.2, -0.15) is 0 Å². The topological polar surface area (TPSA) is 56.8 Å². The first-order valence-corrected chi connectivity index (χ1v) is 11.0. The molecule has 2 aliphatic heterocycles. The molecule has 0 saturated carbocycles. The molecule has 6 nitrogen and oxygen atoms in total. The zero-order chi connectivity index (χ0) is 21.2. The third-order valence-corrected chi connectivity index (χ3v) is 6.31. The van der Waals surface area contributed by atoms with Gasteiger partial charge < -0.3 is 4.90 Å². The Bertz CT molecular complexity index is 1060. The van der Waals surface area contributed by atoms with Crippen molar-refractivity contribution in [2.45, 2.75) is 12.8 Å². The summed E-state index contributed by atoms with van der Waals surface area (Å²) in [6.07, 6.45) is 3.62. The monoisotopic (exact) mass is 414 g/mol. The molecule has 1 saturated heterocycles. The van der Waals surface area contributed by atoms with E-state index in [0.717, 1.165) is 62.2 Å². The van der Waals surface area contributed by atoms with Crippen LogP contribution >= 0.6 is 0 Å². The smallest absolute Gasteiger partial charge is 0.261 e. The van der Waals surface area contributed by atoms with Crippen molar-refractivity contribution in [1.82, 2.24) is 14.8 Å². The number of carbonyl (C=O) groups is 2. The van der Waals surface area contributed by atoms with Crippen molar-refractivity contribution in [3.05, 3.63) is 71.9 Å². The number of benzene rings is 2. The SMILES string of the molecule is O=C1c2cccc3cccc(c23)C(=O)N1CCCCN1CCN(c2ccccn2)CC1. The van der Waals surface area contributed by atoms with Crippen molar-refractivity contribution in [1.29, 1.82) is 0 Å². The molecule has 158 valence electrons. The second-order valence-corrected chi connectivity index (χ2v) is 8.19. The Kier molecular flexibility index (Phi) is 5.38. The summed E-state index contributed by atoms with van der Waals surface area (Å²) < 4.78 is 0. The summed E-state index contributed by atoms with van der Waals surface area (Å²) in [6.45, 7) is 5.41. The third kappa shape index (κ3) is 3.79. The van der Waals surface area contributed by atoms with Gasteiger partial charge in [0.1, 0.15) is 5.82 Å². The van der Waals surface area contributed by atoms with E-state index in [-0.39, 0.29) is 11.8 Å². The largest absolute Gasteiger partial charge is 0.354 e. The lowest BCUT2D eigenvalue weighted by Gasteiger charge is -2.35. The van der Waals surface area contributed by atoms with E-state index in [4.69, 9.17) is 0 Å². The van der Waals surface area contributed by atoms with E-state index in [1.54, 1.807) is 0 Å². The predicted molar refractivity (Wildman–Crippen MR) is 121 cm³/mol. The van der Waals surface area contributed by atoms with E-state index in [0.29, 0.717) is 17.7 Å². The minimum atomic E-state index is -0.168. The highest BCUT2D eigenvalue weighted by molar-refractivity contribution is 6.25. The van der Waals surface area contributed by atoms with E-state index >= 15 is 0 Å². The van der Waals surface area contributed by atoms with Crippen LogP contribution in [0, 0.1) is 0 Å². The number of hydrogen-bond donors (Lipinski definition) is 0. The fraction of sp³-hybridized carbons (Fsp3) is 0.320. The molecule has 5 rings (SSSR count). The Balaban J connectivity index is 1.14. The molecule has 2 amide bonds. The lowest BCUT2D eigenvalue weighted by atomic mass is 9.94. The number of imide groups is 1. The average molecular weight is 415 g/mol. The van der Waals surface area contributed by atoms with E-state index in [1.165, 1.54) is 4.90 Å². The number of unbranched alkanes of at least 4 members (excludes halogenated alkanes) is 1. The van der Waals surface area contributed by atoms with E-state index in [2.05, 4.69) is 20.9 Å². The van der Waals surface area contributed by atoms with Crippen LogP contribution in [0.15, 0.2) is 60.8 Å². The fourth-order valence-electron chi connectivity index (χ4n) is 4.63. The van der Waals surface area contributed by atoms with Crippen molar-refractivity contribution in [3.8, 4) is 0 Å². The zero-order valence-electron chi connectivity index (χ0n) is 17.5. The Labute approximate surface area is 182 Å². The van der Waals surface area contributed by atoms with Gasteiger partial charge in [-0.15, -0.1) is 0 Å². The predicted octanol–water partition coefficient (Wildman–Crippen LogP) is 3.43. The minimum Gasteiger partial charge on any atom is -0.354 e. The van der Waals surface area contributed by atoms with Crippen LogP contribution in [0.25, 0.3) is 10.8 Å². The van der Waals surface area contributed by atoms with Crippen molar-refractivity contribution in [3.63, 3.8) is 0 Å². The highest BCUT2D eigenvalue weighted by Gasteiger charge is 2.32. The molecule has 0 atom stereocenters. The van der Waals surface area contributed by atoms with Crippen molar-refractivity contribution < 1.29 is 9.59 Å². The molecule has 3 heterocycles. The molecule has 0 bridgehead atoms. The molecule has 0 N–H and O–H groups in total. The third-order valence-electron chi connectivity index (χ3n) is 6.31. The number of anilines is 1. The molecule has 1 fully saturated rings. The molecule has 1 aromatic heterocycles. The van der Waals surface area contributed by atoms with Crippen molar-refractivity contribution in [2.24, 2.45) is 0 Å². The molecule has 0 spiro atoms. The summed E-state index contributed by atoms with van der Waals surface area (Å²) in [5.41, 5.74) is 1.27. The van der Waals surface area contributed by atoms with E-state index in [9.17, 15) is 9.59 Å². The van der Waals surface area contributed by atoms with Crippen LogP contribution in [0.5, 0.6) is 0 Å². The molecule has 0 radical (unpaired) electrons. The normalized spacial score (nSPS) is 16.9. The number of nitrogens with zero attached hydrogens (tertiary/aromatic N) is 4. The quantitative estimate of drug-likeness (QED) is 0.457. The van der Waals surface area contributed by atoms with Crippen LogP contribution in [0.3, 0.4) is 0 Å². The standard InChI is InChI=1S/C25H26N4O2/c30-24-20-9-5-7-19-8-6-10-21(23(19)20)25(31)29(24)14-4-3-13-27-15-17-28(18-16-27)22-11-1-2-12-26-22/h1-2,5-12H,3-4,13-18H2. The van der Waals surface area contributed by atoms with Gasteiger partial charge in [0.15, 0.2) is 0 Å². The molecule has 2 aliphatic rings. The highest BCUT2D eigenvalue weighted by Crippen LogP contribution is 2.30. The maximum absolute atomic E-state index is 13.0. The Morgan fingerprint density at radius 2 is 1.42 bits per heavy atom. The van der Waals surface area contributed by atoms with Crippen LogP contribution < -0.4 is 4.90 Å². The Morgan fingerprint density at radius 1 is 0.742 bits per heavy atom. The number of carbonyl (C=O) groups excluding carboxylic acids is 2. The second kappa shape index (κ2) is 8.47. The summed E-state index contributed by atoms with van der Waals surface area (Å²) in [5.74, 6) is 0.705. The number of piperazine rings is 1. The molecule has 3 aromatic rings. The molecular formula is C25H26N4O2. The first-order valence-electron chi connectivity index (χ1n) is 11.0. The summed E-state index contributed by atoms with van der Waals surface area (Å²) >= 11 is 0. The maximum Gasteiger partial charge on any atom is 0.261 e. The van der Waals surface area contributed by atoms with Gasteiger partial charge in [-0.1, -0.05) is 30.3 Å². The fourth-order valence-corrected chi connectivity index (χ4v) is 4.63. The minimum absolute atomic E-state index is 0.168. The van der Waals surface area contributed by atoms with Gasteiger partial charge >= 0.3 is 0 Å². The lowest BCUT2D eigenvalue weighted by molar-refractivity contribution is 0.0606.